The van der Waals surface area contributed by atoms with Crippen LogP contribution in [0.3, 0.4) is 0 Å². The lowest BCUT2D eigenvalue weighted by atomic mass is 9.85. The lowest BCUT2D eigenvalue weighted by Crippen LogP contribution is -2.41. The third-order valence-electron chi connectivity index (χ3n) is 3.53. The molecule has 1 atom stereocenters. The third kappa shape index (κ3) is 2.67. The van der Waals surface area contributed by atoms with Crippen molar-refractivity contribution in [3.8, 4) is 0 Å². The summed E-state index contributed by atoms with van der Waals surface area (Å²) in [5.41, 5.74) is -2.05. The number of rotatable bonds is 3. The second kappa shape index (κ2) is 4.87. The van der Waals surface area contributed by atoms with E-state index in [1.54, 1.807) is 27.7 Å². The van der Waals surface area contributed by atoms with Gasteiger partial charge in [0.1, 0.15) is 0 Å². The first kappa shape index (κ1) is 6.68. The minimum atomic E-state index is -3.44. The van der Waals surface area contributed by atoms with Crippen molar-refractivity contribution in [2.75, 3.05) is 0 Å². The van der Waals surface area contributed by atoms with Crippen LogP contribution in [0.4, 0.5) is 0 Å². The zero-order valence-corrected chi connectivity index (χ0v) is 11.4. The molecule has 1 saturated heterocycles. The van der Waals surface area contributed by atoms with Crippen LogP contribution in [0.25, 0.3) is 0 Å². The Hall–Kier alpha value is -0.935. The fourth-order valence-electron chi connectivity index (χ4n) is 1.64. The van der Waals surface area contributed by atoms with E-state index in [0.29, 0.717) is 0 Å². The molecule has 104 valence electrons. The molecular formula is C14H23BN2O2. The Morgan fingerprint density at radius 3 is 2.63 bits per heavy atom. The smallest absolute Gasteiger partial charge is 0.398 e. The molecule has 0 saturated carbocycles. The maximum absolute atomic E-state index is 8.41. The maximum atomic E-state index is 8.41. The summed E-state index contributed by atoms with van der Waals surface area (Å²) in [4.78, 5) is 7.91. The maximum Gasteiger partial charge on any atom is 0.516 e. The predicted molar refractivity (Wildman–Crippen MR) is 76.5 cm³/mol. The molecule has 1 aromatic heterocycles. The van der Waals surface area contributed by atoms with Crippen molar-refractivity contribution in [2.45, 2.75) is 64.9 Å². The van der Waals surface area contributed by atoms with Gasteiger partial charge in [0, 0.05) is 24.7 Å². The fourth-order valence-corrected chi connectivity index (χ4v) is 1.64. The van der Waals surface area contributed by atoms with Crippen molar-refractivity contribution in [3.05, 3.63) is 18.1 Å². The highest BCUT2D eigenvalue weighted by Gasteiger charge is 2.52. The summed E-state index contributed by atoms with van der Waals surface area (Å²) < 4.78 is 81.4. The summed E-state index contributed by atoms with van der Waals surface area (Å²) in [5.74, 6) is -3.20. The number of aromatic nitrogens is 2. The lowest BCUT2D eigenvalue weighted by Gasteiger charge is -2.32. The first-order chi connectivity index (χ1) is 12.3. The second-order valence-electron chi connectivity index (χ2n) is 5.42. The van der Waals surface area contributed by atoms with E-state index < -0.39 is 50.0 Å². The van der Waals surface area contributed by atoms with Gasteiger partial charge in [-0.1, -0.05) is 13.7 Å². The highest BCUT2D eigenvalue weighted by molar-refractivity contribution is 6.61. The molecule has 0 N–H and O–H groups in total. The summed E-state index contributed by atoms with van der Waals surface area (Å²) >= 11 is 0. The van der Waals surface area contributed by atoms with Crippen LogP contribution in [-0.4, -0.2) is 28.3 Å². The number of hydrogen-bond donors (Lipinski definition) is 0. The Labute approximate surface area is 128 Å². The van der Waals surface area contributed by atoms with Crippen LogP contribution in [0.2, 0.25) is 0 Å². The van der Waals surface area contributed by atoms with Crippen molar-refractivity contribution >= 4 is 12.7 Å². The molecule has 2 rings (SSSR count). The summed E-state index contributed by atoms with van der Waals surface area (Å²) in [7, 11) is -1.03. The van der Waals surface area contributed by atoms with Crippen molar-refractivity contribution in [1.82, 2.24) is 9.97 Å². The van der Waals surface area contributed by atoms with Crippen molar-refractivity contribution in [3.63, 3.8) is 0 Å². The molecule has 5 heteroatoms. The molecule has 1 unspecified atom stereocenters. The normalized spacial score (nSPS) is 33.3. The molecule has 1 fully saturated rings. The lowest BCUT2D eigenvalue weighted by molar-refractivity contribution is 0.00578. The molecule has 0 bridgehead atoms. The molecule has 2 heterocycles. The van der Waals surface area contributed by atoms with Crippen LogP contribution in [-0.2, 0) is 9.31 Å². The van der Waals surface area contributed by atoms with Gasteiger partial charge < -0.3 is 9.31 Å². The van der Waals surface area contributed by atoms with Crippen LogP contribution in [0.5, 0.6) is 0 Å². The van der Waals surface area contributed by atoms with E-state index in [1.165, 1.54) is 6.20 Å². The summed E-state index contributed by atoms with van der Waals surface area (Å²) in [6.45, 7) is 0.479. The van der Waals surface area contributed by atoms with E-state index in [2.05, 4.69) is 9.97 Å². The second-order valence-corrected chi connectivity index (χ2v) is 5.42. The quantitative estimate of drug-likeness (QED) is 0.791. The van der Waals surface area contributed by atoms with Crippen LogP contribution < -0.4 is 5.59 Å². The first-order valence-electron chi connectivity index (χ1n) is 10.5. The van der Waals surface area contributed by atoms with Crippen LogP contribution in [0, 0.1) is 0 Å². The van der Waals surface area contributed by atoms with Crippen molar-refractivity contribution < 1.29 is 21.6 Å². The van der Waals surface area contributed by atoms with Crippen LogP contribution in [0.15, 0.2) is 12.4 Å². The van der Waals surface area contributed by atoms with Gasteiger partial charge in [0.15, 0.2) is 0 Å². The Kier molecular flexibility index (Phi) is 1.71. The minimum absolute atomic E-state index is 0.0263. The van der Waals surface area contributed by atoms with Crippen molar-refractivity contribution in [2.24, 2.45) is 0 Å². The Morgan fingerprint density at radius 2 is 2.05 bits per heavy atom. The summed E-state index contributed by atoms with van der Waals surface area (Å²) in [5, 5.41) is 0. The van der Waals surface area contributed by atoms with E-state index in [-0.39, 0.29) is 5.59 Å². The average molecular weight is 271 g/mol. The number of hydrogen-bond acceptors (Lipinski definition) is 4. The molecule has 19 heavy (non-hydrogen) atoms. The topological polar surface area (TPSA) is 44.2 Å². The van der Waals surface area contributed by atoms with Gasteiger partial charge in [-0.25, -0.2) is 0 Å². The third-order valence-corrected chi connectivity index (χ3v) is 3.53. The Balaban J connectivity index is 2.59. The zero-order valence-electron chi connectivity index (χ0n) is 20.4. The molecule has 1 aliphatic heterocycles. The van der Waals surface area contributed by atoms with E-state index >= 15 is 0 Å². The predicted octanol–water partition coefficient (Wildman–Crippen LogP) is 2.29. The SMILES string of the molecule is [2H]C([2H])([2H])C([2H])([2H])C([2H])(c1cncc(B2OC(C)(C)C(C)(C)O2)n1)C([2H])([2H])[2H]. The minimum Gasteiger partial charge on any atom is -0.398 e. The highest BCUT2D eigenvalue weighted by atomic mass is 16.7. The number of nitrogens with zero attached hydrogens (tertiary/aromatic N) is 2. The van der Waals surface area contributed by atoms with Gasteiger partial charge in [-0.15, -0.1) is 0 Å². The average Bonchev–Trinajstić information content (AvgIpc) is 2.72. The van der Waals surface area contributed by atoms with Gasteiger partial charge in [0.2, 0.25) is 0 Å². The van der Waals surface area contributed by atoms with Gasteiger partial charge >= 0.3 is 7.12 Å². The standard InChI is InChI=1S/C14H23BN2O2/c1-7-10(2)11-8-16-9-12(17-11)15-18-13(3,4)14(5,6)19-15/h8-10H,7H2,1-6H3/i1D3,2D3,7D2,10D. The molecule has 0 radical (unpaired) electrons. The molecule has 1 aromatic rings. The van der Waals surface area contributed by atoms with Gasteiger partial charge in [-0.2, -0.15) is 0 Å². The monoisotopic (exact) mass is 271 g/mol. The van der Waals surface area contributed by atoms with Crippen molar-refractivity contribution in [1.29, 1.82) is 0 Å². The van der Waals surface area contributed by atoms with Gasteiger partial charge in [0.05, 0.1) is 22.5 Å². The molecule has 0 amide bonds. The van der Waals surface area contributed by atoms with E-state index in [1.807, 2.05) is 0 Å². The fraction of sp³-hybridized carbons (Fsp3) is 0.714. The largest absolute Gasteiger partial charge is 0.516 e. The van der Waals surface area contributed by atoms with Gasteiger partial charge in [0.25, 0.3) is 0 Å². The Bertz CT molecular complexity index is 735. The van der Waals surface area contributed by atoms with E-state index in [4.69, 9.17) is 21.6 Å². The van der Waals surface area contributed by atoms with Gasteiger partial charge in [-0.3, -0.25) is 9.97 Å². The molecular weight excluding hydrogens is 239 g/mol. The van der Waals surface area contributed by atoms with Crippen LogP contribution >= 0.6 is 0 Å². The van der Waals surface area contributed by atoms with Crippen LogP contribution in [0.1, 0.15) is 71.7 Å². The van der Waals surface area contributed by atoms with Gasteiger partial charge in [-0.05, 0) is 40.0 Å². The first-order valence-corrected chi connectivity index (χ1v) is 5.96. The van der Waals surface area contributed by atoms with E-state index in [9.17, 15) is 0 Å². The molecule has 0 aromatic carbocycles. The van der Waals surface area contributed by atoms with E-state index in [0.717, 1.165) is 6.20 Å². The molecule has 1 aliphatic rings. The summed E-state index contributed by atoms with van der Waals surface area (Å²) in [6, 6.07) is 0. The summed E-state index contributed by atoms with van der Waals surface area (Å²) in [6.07, 6.45) is -1.30. The highest BCUT2D eigenvalue weighted by Crippen LogP contribution is 2.36. The molecule has 0 spiro atoms. The molecule has 0 aliphatic carbocycles. The Morgan fingerprint density at radius 1 is 1.37 bits per heavy atom. The zero-order chi connectivity index (χ0) is 22.0. The molecule has 4 nitrogen and oxygen atoms in total.